The van der Waals surface area contributed by atoms with Crippen molar-refractivity contribution in [2.45, 2.75) is 64.1 Å². The van der Waals surface area contributed by atoms with Crippen molar-refractivity contribution in [3.63, 3.8) is 0 Å². The van der Waals surface area contributed by atoms with Crippen LogP contribution in [0.15, 0.2) is 77.7 Å². The highest BCUT2D eigenvalue weighted by Gasteiger charge is 2.34. The number of ether oxygens (including phenoxy) is 1. The van der Waals surface area contributed by atoms with Crippen molar-refractivity contribution < 1.29 is 22.7 Å². The Hall–Kier alpha value is -3.56. The van der Waals surface area contributed by atoms with Crippen LogP contribution in [0.5, 0.6) is 5.75 Å². The first-order valence-corrected chi connectivity index (χ1v) is 15.4. The van der Waals surface area contributed by atoms with Gasteiger partial charge in [-0.05, 0) is 80.8 Å². The van der Waals surface area contributed by atoms with Crippen LogP contribution in [-0.4, -0.2) is 50.9 Å². The predicted molar refractivity (Wildman–Crippen MR) is 163 cm³/mol. The van der Waals surface area contributed by atoms with Gasteiger partial charge in [0.2, 0.25) is 11.8 Å². The van der Waals surface area contributed by atoms with E-state index in [0.717, 1.165) is 21.9 Å². The molecule has 0 heterocycles. The Morgan fingerprint density at radius 1 is 0.927 bits per heavy atom. The molecule has 0 aromatic heterocycles. The van der Waals surface area contributed by atoms with Crippen molar-refractivity contribution in [1.29, 1.82) is 0 Å². The molecular weight excluding hydrogens is 562 g/mol. The zero-order valence-corrected chi connectivity index (χ0v) is 25.7. The van der Waals surface area contributed by atoms with E-state index in [2.05, 4.69) is 5.32 Å². The normalized spacial score (nSPS) is 12.7. The maximum Gasteiger partial charge on any atom is 0.264 e. The average Bonchev–Trinajstić information content (AvgIpc) is 2.96. The lowest BCUT2D eigenvalue weighted by Gasteiger charge is -2.33. The summed E-state index contributed by atoms with van der Waals surface area (Å²) < 4.78 is 34.2. The molecule has 3 rings (SSSR count). The summed E-state index contributed by atoms with van der Waals surface area (Å²) in [6.45, 7) is 7.14. The van der Waals surface area contributed by atoms with Crippen LogP contribution in [0.3, 0.4) is 0 Å². The van der Waals surface area contributed by atoms with Gasteiger partial charge in [-0.25, -0.2) is 8.42 Å². The van der Waals surface area contributed by atoms with E-state index in [4.69, 9.17) is 16.3 Å². The smallest absolute Gasteiger partial charge is 0.264 e. The molecule has 41 heavy (non-hydrogen) atoms. The Morgan fingerprint density at radius 3 is 2.07 bits per heavy atom. The zero-order chi connectivity index (χ0) is 30.2. The molecule has 0 bridgehead atoms. The predicted octanol–water partition coefficient (Wildman–Crippen LogP) is 5.57. The molecule has 220 valence electrons. The topological polar surface area (TPSA) is 96.0 Å². The summed E-state index contributed by atoms with van der Waals surface area (Å²) in [4.78, 5) is 28.9. The molecular formula is C31H38ClN3O5S. The molecule has 0 saturated heterocycles. The molecule has 10 heteroatoms. The third kappa shape index (κ3) is 8.24. The number of halogens is 1. The number of rotatable bonds is 13. The summed E-state index contributed by atoms with van der Waals surface area (Å²) in [6, 6.07) is 19.0. The van der Waals surface area contributed by atoms with Gasteiger partial charge in [0.25, 0.3) is 10.0 Å². The second kappa shape index (κ2) is 14.4. The van der Waals surface area contributed by atoms with Crippen LogP contribution in [0.2, 0.25) is 5.02 Å². The van der Waals surface area contributed by atoms with Crippen LogP contribution < -0.4 is 14.4 Å². The molecule has 0 aliphatic carbocycles. The summed E-state index contributed by atoms with van der Waals surface area (Å²) in [7, 11) is -2.63. The van der Waals surface area contributed by atoms with Gasteiger partial charge >= 0.3 is 0 Å². The number of hydrogen-bond donors (Lipinski definition) is 1. The number of carbonyl (C=O) groups excluding carboxylic acids is 2. The average molecular weight is 600 g/mol. The molecule has 0 saturated carbocycles. The minimum atomic E-state index is -4.15. The van der Waals surface area contributed by atoms with Gasteiger partial charge in [0, 0.05) is 17.6 Å². The Labute approximate surface area is 248 Å². The molecule has 3 aromatic carbocycles. The lowest BCUT2D eigenvalue weighted by molar-refractivity contribution is -0.140. The van der Waals surface area contributed by atoms with Gasteiger partial charge in [0.15, 0.2) is 0 Å². The largest absolute Gasteiger partial charge is 0.497 e. The third-order valence-corrected chi connectivity index (χ3v) is 8.94. The standard InChI is InChI=1S/C31H38ClN3O5S/c1-6-23(4)33-31(37)29(7-2)34(20-24-10-12-25(32)13-11-24)30(36)21-35(26-14-16-27(40-5)17-15-26)41(38,39)28-18-8-22(3)9-19-28/h8-19,23,29H,6-7,20-21H2,1-5H3,(H,33,37). The van der Waals surface area contributed by atoms with Gasteiger partial charge in [0.05, 0.1) is 17.7 Å². The molecule has 2 amide bonds. The number of anilines is 1. The van der Waals surface area contributed by atoms with Crippen molar-refractivity contribution in [3.8, 4) is 5.75 Å². The highest BCUT2D eigenvalue weighted by molar-refractivity contribution is 7.92. The van der Waals surface area contributed by atoms with Crippen LogP contribution in [0.1, 0.15) is 44.7 Å². The Balaban J connectivity index is 2.05. The van der Waals surface area contributed by atoms with Gasteiger partial charge in [0.1, 0.15) is 18.3 Å². The maximum atomic E-state index is 14.1. The summed E-state index contributed by atoms with van der Waals surface area (Å²) in [5, 5.41) is 3.51. The van der Waals surface area contributed by atoms with Crippen LogP contribution in [0.4, 0.5) is 5.69 Å². The second-order valence-electron chi connectivity index (χ2n) is 9.91. The van der Waals surface area contributed by atoms with E-state index in [1.165, 1.54) is 24.1 Å². The quantitative estimate of drug-likeness (QED) is 0.277. The van der Waals surface area contributed by atoms with Crippen LogP contribution >= 0.6 is 11.6 Å². The van der Waals surface area contributed by atoms with Crippen LogP contribution in [0.25, 0.3) is 0 Å². The summed E-state index contributed by atoms with van der Waals surface area (Å²) in [5.74, 6) is -0.260. The molecule has 8 nitrogen and oxygen atoms in total. The SMILES string of the molecule is CCC(C)NC(=O)C(CC)N(Cc1ccc(Cl)cc1)C(=O)CN(c1ccc(OC)cc1)S(=O)(=O)c1ccc(C)cc1. The van der Waals surface area contributed by atoms with E-state index < -0.39 is 28.5 Å². The van der Waals surface area contributed by atoms with Gasteiger partial charge in [-0.3, -0.25) is 13.9 Å². The highest BCUT2D eigenvalue weighted by atomic mass is 35.5. The van der Waals surface area contributed by atoms with E-state index >= 15 is 0 Å². The number of amides is 2. The molecule has 0 fully saturated rings. The summed E-state index contributed by atoms with van der Waals surface area (Å²) >= 11 is 6.07. The van der Waals surface area contributed by atoms with E-state index in [9.17, 15) is 18.0 Å². The monoisotopic (exact) mass is 599 g/mol. The number of aryl methyl sites for hydroxylation is 1. The van der Waals surface area contributed by atoms with Gasteiger partial charge < -0.3 is 15.0 Å². The van der Waals surface area contributed by atoms with Crippen LogP contribution in [-0.2, 0) is 26.2 Å². The number of carbonyl (C=O) groups is 2. The van der Waals surface area contributed by atoms with Gasteiger partial charge in [-0.2, -0.15) is 0 Å². The molecule has 0 aliphatic rings. The molecule has 3 aromatic rings. The lowest BCUT2D eigenvalue weighted by Crippen LogP contribution is -2.53. The fourth-order valence-electron chi connectivity index (χ4n) is 4.26. The minimum Gasteiger partial charge on any atom is -0.497 e. The van der Waals surface area contributed by atoms with Crippen molar-refractivity contribution in [2.75, 3.05) is 18.0 Å². The number of nitrogens with one attached hydrogen (secondary N) is 1. The minimum absolute atomic E-state index is 0.0533. The van der Waals surface area contributed by atoms with Gasteiger partial charge in [-0.15, -0.1) is 0 Å². The zero-order valence-electron chi connectivity index (χ0n) is 24.1. The maximum absolute atomic E-state index is 14.1. The molecule has 0 spiro atoms. The second-order valence-corrected chi connectivity index (χ2v) is 12.2. The van der Waals surface area contributed by atoms with Gasteiger partial charge in [-0.1, -0.05) is 55.3 Å². The fourth-order valence-corrected chi connectivity index (χ4v) is 5.80. The molecule has 2 unspecified atom stereocenters. The van der Waals surface area contributed by atoms with Crippen molar-refractivity contribution >= 4 is 39.1 Å². The number of hydrogen-bond acceptors (Lipinski definition) is 5. The fraction of sp³-hybridized carbons (Fsp3) is 0.355. The molecule has 0 aliphatic heterocycles. The van der Waals surface area contributed by atoms with E-state index in [-0.39, 0.29) is 23.4 Å². The molecule has 1 N–H and O–H groups in total. The van der Waals surface area contributed by atoms with Crippen LogP contribution in [0, 0.1) is 6.92 Å². The first-order chi connectivity index (χ1) is 19.5. The first kappa shape index (κ1) is 32.0. The Morgan fingerprint density at radius 2 is 1.54 bits per heavy atom. The number of methoxy groups -OCH3 is 1. The molecule has 0 radical (unpaired) electrons. The first-order valence-electron chi connectivity index (χ1n) is 13.6. The highest BCUT2D eigenvalue weighted by Crippen LogP contribution is 2.27. The van der Waals surface area contributed by atoms with Crippen molar-refractivity contribution in [3.05, 3.63) is 88.9 Å². The van der Waals surface area contributed by atoms with Crippen molar-refractivity contribution in [1.82, 2.24) is 10.2 Å². The van der Waals surface area contributed by atoms with Crippen molar-refractivity contribution in [2.24, 2.45) is 0 Å². The Bertz CT molecular complexity index is 1410. The van der Waals surface area contributed by atoms with E-state index in [1.54, 1.807) is 60.7 Å². The third-order valence-electron chi connectivity index (χ3n) is 6.90. The number of benzene rings is 3. The Kier molecular flexibility index (Phi) is 11.2. The lowest BCUT2D eigenvalue weighted by atomic mass is 10.1. The number of sulfonamides is 1. The van der Waals surface area contributed by atoms with E-state index in [0.29, 0.717) is 22.9 Å². The summed E-state index contributed by atoms with van der Waals surface area (Å²) in [5.41, 5.74) is 1.96. The number of nitrogens with zero attached hydrogens (tertiary/aromatic N) is 2. The molecule has 2 atom stereocenters. The summed E-state index contributed by atoms with van der Waals surface area (Å²) in [6.07, 6.45) is 1.07. The van der Waals surface area contributed by atoms with E-state index in [1.807, 2.05) is 27.7 Å².